The molecular weight excluding hydrogens is 562 g/mol. The number of hydrogen-bond donors (Lipinski definition) is 1. The zero-order valence-electron chi connectivity index (χ0n) is 23.8. The molecule has 3 aromatic carbocycles. The van der Waals surface area contributed by atoms with Crippen molar-refractivity contribution in [3.63, 3.8) is 0 Å². The van der Waals surface area contributed by atoms with Crippen molar-refractivity contribution < 1.29 is 22.7 Å². The lowest BCUT2D eigenvalue weighted by Crippen LogP contribution is -2.50. The maximum atomic E-state index is 13.8. The molecule has 0 radical (unpaired) electrons. The summed E-state index contributed by atoms with van der Waals surface area (Å²) in [5, 5.41) is 3.45. The monoisotopic (exact) mass is 599 g/mol. The molecule has 220 valence electrons. The molecule has 0 heterocycles. The number of benzene rings is 3. The van der Waals surface area contributed by atoms with Crippen LogP contribution in [-0.4, -0.2) is 57.1 Å². The second-order valence-corrected chi connectivity index (χ2v) is 12.0. The van der Waals surface area contributed by atoms with E-state index >= 15 is 0 Å². The predicted octanol–water partition coefficient (Wildman–Crippen LogP) is 5.06. The first kappa shape index (κ1) is 32.0. The van der Waals surface area contributed by atoms with Gasteiger partial charge in [0.15, 0.2) is 0 Å². The van der Waals surface area contributed by atoms with E-state index in [1.54, 1.807) is 41.3 Å². The van der Waals surface area contributed by atoms with Crippen LogP contribution in [0.25, 0.3) is 0 Å². The molecule has 41 heavy (non-hydrogen) atoms. The van der Waals surface area contributed by atoms with Crippen molar-refractivity contribution >= 4 is 39.1 Å². The molecule has 1 atom stereocenters. The minimum Gasteiger partial charge on any atom is -0.494 e. The van der Waals surface area contributed by atoms with Crippen LogP contribution in [-0.2, 0) is 32.6 Å². The van der Waals surface area contributed by atoms with Gasteiger partial charge in [0, 0.05) is 37.5 Å². The zero-order valence-corrected chi connectivity index (χ0v) is 25.3. The van der Waals surface area contributed by atoms with Crippen LogP contribution in [0.3, 0.4) is 0 Å². The summed E-state index contributed by atoms with van der Waals surface area (Å²) < 4.78 is 32.0. The third-order valence-electron chi connectivity index (χ3n) is 6.48. The number of halogens is 1. The van der Waals surface area contributed by atoms with Crippen molar-refractivity contribution in [1.29, 1.82) is 0 Å². The third-order valence-corrected chi connectivity index (χ3v) is 7.92. The summed E-state index contributed by atoms with van der Waals surface area (Å²) in [7, 11) is -3.60. The Hall–Kier alpha value is -3.56. The quantitative estimate of drug-likeness (QED) is 0.263. The molecule has 0 saturated carbocycles. The van der Waals surface area contributed by atoms with E-state index in [-0.39, 0.29) is 37.7 Å². The highest BCUT2D eigenvalue weighted by molar-refractivity contribution is 7.92. The first-order chi connectivity index (χ1) is 19.6. The van der Waals surface area contributed by atoms with Crippen molar-refractivity contribution in [2.24, 2.45) is 0 Å². The molecule has 0 fully saturated rings. The Kier molecular flexibility index (Phi) is 12.0. The van der Waals surface area contributed by atoms with Gasteiger partial charge in [0.05, 0.1) is 18.6 Å². The summed E-state index contributed by atoms with van der Waals surface area (Å²) in [4.78, 5) is 28.6. The van der Waals surface area contributed by atoms with E-state index in [2.05, 4.69) is 5.32 Å². The third kappa shape index (κ3) is 9.79. The van der Waals surface area contributed by atoms with Crippen molar-refractivity contribution in [2.45, 2.75) is 45.7 Å². The number of nitrogens with one attached hydrogen (secondary N) is 1. The maximum absolute atomic E-state index is 13.8. The van der Waals surface area contributed by atoms with Crippen LogP contribution >= 0.6 is 11.6 Å². The number of amides is 2. The van der Waals surface area contributed by atoms with Gasteiger partial charge in [-0.05, 0) is 67.8 Å². The molecule has 0 saturated heterocycles. The van der Waals surface area contributed by atoms with Gasteiger partial charge in [-0.2, -0.15) is 0 Å². The molecule has 0 bridgehead atoms. The lowest BCUT2D eigenvalue weighted by molar-refractivity contribution is -0.141. The second-order valence-electron chi connectivity index (χ2n) is 9.61. The minimum absolute atomic E-state index is 0.0569. The number of hydrogen-bond acceptors (Lipinski definition) is 5. The smallest absolute Gasteiger partial charge is 0.243 e. The number of rotatable bonds is 15. The molecule has 3 rings (SSSR count). The van der Waals surface area contributed by atoms with Gasteiger partial charge in [-0.15, -0.1) is 0 Å². The summed E-state index contributed by atoms with van der Waals surface area (Å²) in [6, 6.07) is 22.8. The van der Waals surface area contributed by atoms with Crippen molar-refractivity contribution in [1.82, 2.24) is 10.2 Å². The summed E-state index contributed by atoms with van der Waals surface area (Å²) in [6.07, 6.45) is 1.81. The summed E-state index contributed by atoms with van der Waals surface area (Å²) >= 11 is 6.08. The molecule has 0 aliphatic heterocycles. The Balaban J connectivity index is 1.83. The number of ether oxygens (including phenoxy) is 1. The summed E-state index contributed by atoms with van der Waals surface area (Å²) in [5.41, 5.74) is 2.25. The SMILES string of the molecule is CCNC(=O)C(Cc1ccccc1)N(Cc1ccc(Cl)cc1)C(=O)CCCN(c1ccc(OCC)cc1)S(C)(=O)=O. The highest BCUT2D eigenvalue weighted by atomic mass is 35.5. The fraction of sp³-hybridized carbons (Fsp3) is 0.355. The number of sulfonamides is 1. The van der Waals surface area contributed by atoms with Crippen LogP contribution in [0.15, 0.2) is 78.9 Å². The lowest BCUT2D eigenvalue weighted by Gasteiger charge is -2.32. The average molecular weight is 600 g/mol. The first-order valence-corrected chi connectivity index (χ1v) is 15.9. The second kappa shape index (κ2) is 15.4. The molecule has 1 unspecified atom stereocenters. The van der Waals surface area contributed by atoms with E-state index in [1.165, 1.54) is 4.31 Å². The number of carbonyl (C=O) groups is 2. The fourth-order valence-electron chi connectivity index (χ4n) is 4.51. The molecule has 8 nitrogen and oxygen atoms in total. The summed E-state index contributed by atoms with van der Waals surface area (Å²) in [5.74, 6) is 0.158. The molecule has 0 aromatic heterocycles. The molecule has 3 aromatic rings. The van der Waals surface area contributed by atoms with Crippen molar-refractivity contribution in [2.75, 3.05) is 30.3 Å². The lowest BCUT2D eigenvalue weighted by atomic mass is 10.0. The molecule has 10 heteroatoms. The van der Waals surface area contributed by atoms with Crippen LogP contribution in [0.2, 0.25) is 5.02 Å². The normalized spacial score (nSPS) is 11.9. The van der Waals surface area contributed by atoms with Crippen LogP contribution in [0.4, 0.5) is 5.69 Å². The molecule has 1 N–H and O–H groups in total. The van der Waals surface area contributed by atoms with Crippen LogP contribution in [0.5, 0.6) is 5.75 Å². The van der Waals surface area contributed by atoms with Crippen LogP contribution < -0.4 is 14.4 Å². The van der Waals surface area contributed by atoms with E-state index in [4.69, 9.17) is 16.3 Å². The Bertz CT molecular complexity index is 1370. The highest BCUT2D eigenvalue weighted by Gasteiger charge is 2.30. The maximum Gasteiger partial charge on any atom is 0.243 e. The van der Waals surface area contributed by atoms with Crippen LogP contribution in [0.1, 0.15) is 37.8 Å². The van der Waals surface area contributed by atoms with Gasteiger partial charge in [-0.3, -0.25) is 13.9 Å². The largest absolute Gasteiger partial charge is 0.494 e. The predicted molar refractivity (Wildman–Crippen MR) is 164 cm³/mol. The zero-order chi connectivity index (χ0) is 29.8. The Labute approximate surface area is 248 Å². The van der Waals surface area contributed by atoms with Gasteiger partial charge >= 0.3 is 0 Å². The van der Waals surface area contributed by atoms with Gasteiger partial charge in [0.25, 0.3) is 0 Å². The van der Waals surface area contributed by atoms with Crippen molar-refractivity contribution in [3.8, 4) is 5.75 Å². The molecule has 0 aliphatic carbocycles. The Morgan fingerprint density at radius 3 is 2.17 bits per heavy atom. The summed E-state index contributed by atoms with van der Waals surface area (Å²) in [6.45, 7) is 4.96. The van der Waals surface area contributed by atoms with Gasteiger partial charge in [0.2, 0.25) is 21.8 Å². The van der Waals surface area contributed by atoms with Gasteiger partial charge in [0.1, 0.15) is 11.8 Å². The van der Waals surface area contributed by atoms with Gasteiger partial charge in [-0.1, -0.05) is 54.1 Å². The minimum atomic E-state index is -3.60. The standard InChI is InChI=1S/C31H38ClN3O5S/c1-4-33-31(37)29(22-24-10-7-6-8-11-24)34(23-25-13-15-26(32)16-14-25)30(36)12-9-21-35(41(3,38)39)27-17-19-28(20-18-27)40-5-2/h6-8,10-11,13-20,29H,4-5,9,12,21-23H2,1-3H3,(H,33,37). The van der Waals surface area contributed by atoms with E-state index in [9.17, 15) is 18.0 Å². The molecule has 2 amide bonds. The number of nitrogens with zero attached hydrogens (tertiary/aromatic N) is 2. The average Bonchev–Trinajstić information content (AvgIpc) is 2.94. The van der Waals surface area contributed by atoms with Crippen molar-refractivity contribution in [3.05, 3.63) is 95.0 Å². The van der Waals surface area contributed by atoms with E-state index in [1.807, 2.05) is 56.3 Å². The highest BCUT2D eigenvalue weighted by Crippen LogP contribution is 2.23. The van der Waals surface area contributed by atoms with Gasteiger partial charge < -0.3 is 15.0 Å². The number of likely N-dealkylation sites (N-methyl/N-ethyl adjacent to an activating group) is 1. The fourth-order valence-corrected chi connectivity index (χ4v) is 5.60. The number of carbonyl (C=O) groups excluding carboxylic acids is 2. The van der Waals surface area contributed by atoms with Crippen LogP contribution in [0, 0.1) is 0 Å². The number of anilines is 1. The van der Waals surface area contributed by atoms with E-state index < -0.39 is 16.1 Å². The Morgan fingerprint density at radius 1 is 0.927 bits per heavy atom. The molecule has 0 aliphatic rings. The Morgan fingerprint density at radius 2 is 1.59 bits per heavy atom. The van der Waals surface area contributed by atoms with Gasteiger partial charge in [-0.25, -0.2) is 8.42 Å². The van der Waals surface area contributed by atoms with E-state index in [0.717, 1.165) is 17.4 Å². The topological polar surface area (TPSA) is 96.0 Å². The molecular formula is C31H38ClN3O5S. The molecule has 0 spiro atoms. The first-order valence-electron chi connectivity index (χ1n) is 13.7. The van der Waals surface area contributed by atoms with E-state index in [0.29, 0.717) is 36.0 Å².